The Morgan fingerprint density at radius 2 is 2.41 bits per heavy atom. The highest BCUT2D eigenvalue weighted by atomic mass is 32.2. The Labute approximate surface area is 107 Å². The van der Waals surface area contributed by atoms with Gasteiger partial charge in [-0.15, -0.1) is 0 Å². The van der Waals surface area contributed by atoms with Crippen LogP contribution in [0.2, 0.25) is 0 Å². The van der Waals surface area contributed by atoms with Crippen molar-refractivity contribution in [3.8, 4) is 0 Å². The maximum Gasteiger partial charge on any atom is 0.220 e. The number of thioether (sulfide) groups is 1. The van der Waals surface area contributed by atoms with E-state index in [0.29, 0.717) is 6.42 Å². The number of ether oxygens (including phenoxy) is 1. The van der Waals surface area contributed by atoms with E-state index in [4.69, 9.17) is 9.84 Å². The summed E-state index contributed by atoms with van der Waals surface area (Å²) in [6, 6.07) is 0.00648. The number of amides is 1. The third kappa shape index (κ3) is 5.27. The van der Waals surface area contributed by atoms with Crippen LogP contribution in [-0.2, 0) is 9.53 Å². The van der Waals surface area contributed by atoms with Crippen LogP contribution in [0.15, 0.2) is 0 Å². The van der Waals surface area contributed by atoms with E-state index in [1.807, 2.05) is 13.2 Å². The van der Waals surface area contributed by atoms with Crippen molar-refractivity contribution < 1.29 is 14.6 Å². The Bertz CT molecular complexity index is 228. The minimum atomic E-state index is 0.00648. The molecule has 0 aromatic carbocycles. The highest BCUT2D eigenvalue weighted by Gasteiger charge is 2.20. The van der Waals surface area contributed by atoms with Gasteiger partial charge in [0.05, 0.1) is 12.7 Å². The molecular formula is C12H23NO3S. The largest absolute Gasteiger partial charge is 0.395 e. The van der Waals surface area contributed by atoms with E-state index < -0.39 is 0 Å². The van der Waals surface area contributed by atoms with Crippen molar-refractivity contribution in [2.45, 2.75) is 50.0 Å². The summed E-state index contributed by atoms with van der Waals surface area (Å²) in [6.45, 7) is 2.86. The molecule has 100 valence electrons. The van der Waals surface area contributed by atoms with E-state index in [9.17, 15) is 4.79 Å². The molecule has 0 radical (unpaired) electrons. The molecule has 2 N–H and O–H groups in total. The van der Waals surface area contributed by atoms with E-state index in [1.54, 1.807) is 11.8 Å². The van der Waals surface area contributed by atoms with Crippen molar-refractivity contribution in [1.29, 1.82) is 0 Å². The topological polar surface area (TPSA) is 58.6 Å². The number of carbonyl (C=O) groups is 1. The van der Waals surface area contributed by atoms with Crippen LogP contribution in [0.5, 0.6) is 0 Å². The number of aliphatic hydroxyl groups is 1. The average molecular weight is 261 g/mol. The van der Waals surface area contributed by atoms with Gasteiger partial charge in [0.25, 0.3) is 0 Å². The lowest BCUT2D eigenvalue weighted by Gasteiger charge is -2.21. The molecule has 17 heavy (non-hydrogen) atoms. The molecule has 0 bridgehead atoms. The Balaban J connectivity index is 2.18. The van der Waals surface area contributed by atoms with Crippen molar-refractivity contribution in [2.24, 2.45) is 0 Å². The molecule has 0 saturated carbocycles. The van der Waals surface area contributed by atoms with Crippen molar-refractivity contribution in [1.82, 2.24) is 5.32 Å². The van der Waals surface area contributed by atoms with E-state index >= 15 is 0 Å². The molecule has 1 rings (SSSR count). The van der Waals surface area contributed by atoms with Gasteiger partial charge in [0, 0.05) is 24.3 Å². The molecule has 1 heterocycles. The normalized spacial score (nSPS) is 23.4. The van der Waals surface area contributed by atoms with Gasteiger partial charge >= 0.3 is 0 Å². The van der Waals surface area contributed by atoms with Gasteiger partial charge < -0.3 is 15.2 Å². The standard InChI is InChI=1S/C12H23NO3S/c1-9(11(8-14)17-2)13-12(15)6-5-10-4-3-7-16-10/h9-11,14H,3-8H2,1-2H3,(H,13,15). The first-order chi connectivity index (χ1) is 8.17. The molecule has 4 nitrogen and oxygen atoms in total. The quantitative estimate of drug-likeness (QED) is 0.722. The summed E-state index contributed by atoms with van der Waals surface area (Å²) in [4.78, 5) is 11.7. The Morgan fingerprint density at radius 3 is 2.94 bits per heavy atom. The lowest BCUT2D eigenvalue weighted by atomic mass is 10.1. The number of hydrogen-bond acceptors (Lipinski definition) is 4. The zero-order valence-electron chi connectivity index (χ0n) is 10.6. The van der Waals surface area contributed by atoms with Crippen LogP contribution in [0.1, 0.15) is 32.6 Å². The van der Waals surface area contributed by atoms with E-state index in [1.165, 1.54) is 0 Å². The van der Waals surface area contributed by atoms with Crippen molar-refractivity contribution in [3.05, 3.63) is 0 Å². The van der Waals surface area contributed by atoms with Gasteiger partial charge in [0.15, 0.2) is 0 Å². The SMILES string of the molecule is CSC(CO)C(C)NC(=O)CCC1CCCO1. The smallest absolute Gasteiger partial charge is 0.220 e. The molecule has 0 spiro atoms. The van der Waals surface area contributed by atoms with Crippen LogP contribution in [0.3, 0.4) is 0 Å². The second-order valence-electron chi connectivity index (χ2n) is 4.49. The summed E-state index contributed by atoms with van der Waals surface area (Å²) in [5.74, 6) is 0.0560. The zero-order chi connectivity index (χ0) is 12.7. The zero-order valence-corrected chi connectivity index (χ0v) is 11.5. The summed E-state index contributed by atoms with van der Waals surface area (Å²) in [7, 11) is 0. The number of aliphatic hydroxyl groups excluding tert-OH is 1. The Morgan fingerprint density at radius 1 is 1.65 bits per heavy atom. The molecule has 3 atom stereocenters. The molecule has 1 amide bonds. The fourth-order valence-electron chi connectivity index (χ4n) is 2.02. The van der Waals surface area contributed by atoms with Crippen LogP contribution in [-0.4, -0.2) is 47.9 Å². The Kier molecular flexibility index (Phi) is 6.92. The molecule has 5 heteroatoms. The summed E-state index contributed by atoms with van der Waals surface area (Å²) in [6.07, 6.45) is 5.72. The predicted molar refractivity (Wildman–Crippen MR) is 70.2 cm³/mol. The highest BCUT2D eigenvalue weighted by molar-refractivity contribution is 7.99. The molecule has 1 aliphatic rings. The van der Waals surface area contributed by atoms with E-state index in [-0.39, 0.29) is 29.9 Å². The maximum atomic E-state index is 11.7. The average Bonchev–Trinajstić information content (AvgIpc) is 2.81. The first kappa shape index (κ1) is 14.8. The summed E-state index contributed by atoms with van der Waals surface area (Å²) in [5, 5.41) is 12.1. The number of carbonyl (C=O) groups excluding carboxylic acids is 1. The van der Waals surface area contributed by atoms with Crippen molar-refractivity contribution in [3.63, 3.8) is 0 Å². The number of hydrogen-bond donors (Lipinski definition) is 2. The second-order valence-corrected chi connectivity index (χ2v) is 5.56. The number of nitrogens with one attached hydrogen (secondary N) is 1. The predicted octanol–water partition coefficient (Wildman–Crippen LogP) is 1.17. The molecule has 0 aromatic rings. The first-order valence-electron chi connectivity index (χ1n) is 6.22. The molecular weight excluding hydrogens is 238 g/mol. The molecule has 0 aromatic heterocycles. The fraction of sp³-hybridized carbons (Fsp3) is 0.917. The van der Waals surface area contributed by atoms with Crippen LogP contribution in [0.25, 0.3) is 0 Å². The fourth-order valence-corrected chi connectivity index (χ4v) is 2.65. The first-order valence-corrected chi connectivity index (χ1v) is 7.50. The molecule has 1 saturated heterocycles. The lowest BCUT2D eigenvalue weighted by Crippen LogP contribution is -2.41. The van der Waals surface area contributed by atoms with Gasteiger partial charge in [-0.25, -0.2) is 0 Å². The second kappa shape index (κ2) is 7.95. The van der Waals surface area contributed by atoms with Gasteiger partial charge in [0.1, 0.15) is 0 Å². The summed E-state index contributed by atoms with van der Waals surface area (Å²) < 4.78 is 5.47. The van der Waals surface area contributed by atoms with E-state index in [2.05, 4.69) is 5.32 Å². The molecule has 1 fully saturated rings. The summed E-state index contributed by atoms with van der Waals surface area (Å²) in [5.41, 5.74) is 0. The van der Waals surface area contributed by atoms with Gasteiger partial charge in [-0.3, -0.25) is 4.79 Å². The third-order valence-corrected chi connectivity index (χ3v) is 4.31. The molecule has 1 aliphatic heterocycles. The maximum absolute atomic E-state index is 11.7. The molecule has 0 aliphatic carbocycles. The van der Waals surface area contributed by atoms with Crippen LogP contribution in [0.4, 0.5) is 0 Å². The third-order valence-electron chi connectivity index (χ3n) is 3.15. The van der Waals surface area contributed by atoms with Crippen LogP contribution in [0, 0.1) is 0 Å². The van der Waals surface area contributed by atoms with Crippen LogP contribution < -0.4 is 5.32 Å². The van der Waals surface area contributed by atoms with Crippen LogP contribution >= 0.6 is 11.8 Å². The highest BCUT2D eigenvalue weighted by Crippen LogP contribution is 2.17. The lowest BCUT2D eigenvalue weighted by molar-refractivity contribution is -0.122. The van der Waals surface area contributed by atoms with Crippen molar-refractivity contribution in [2.75, 3.05) is 19.5 Å². The van der Waals surface area contributed by atoms with E-state index in [0.717, 1.165) is 25.9 Å². The minimum Gasteiger partial charge on any atom is -0.395 e. The number of rotatable bonds is 7. The summed E-state index contributed by atoms with van der Waals surface area (Å²) >= 11 is 1.57. The van der Waals surface area contributed by atoms with Crippen molar-refractivity contribution >= 4 is 17.7 Å². The molecule has 3 unspecified atom stereocenters. The Hall–Kier alpha value is -0.260. The van der Waals surface area contributed by atoms with Gasteiger partial charge in [-0.05, 0) is 32.4 Å². The monoisotopic (exact) mass is 261 g/mol. The minimum absolute atomic E-state index is 0.00648. The van der Waals surface area contributed by atoms with Gasteiger partial charge in [-0.1, -0.05) is 0 Å². The van der Waals surface area contributed by atoms with Gasteiger partial charge in [-0.2, -0.15) is 11.8 Å². The van der Waals surface area contributed by atoms with Gasteiger partial charge in [0.2, 0.25) is 5.91 Å².